The number of anilines is 2. The van der Waals surface area contributed by atoms with Crippen molar-refractivity contribution in [1.82, 2.24) is 24.8 Å². The zero-order chi connectivity index (χ0) is 32.5. The van der Waals surface area contributed by atoms with E-state index < -0.39 is 16.1 Å². The van der Waals surface area contributed by atoms with Crippen molar-refractivity contribution in [2.75, 3.05) is 30.3 Å². The first-order valence-electron chi connectivity index (χ1n) is 14.7. The molecule has 0 radical (unpaired) electrons. The first-order valence-corrected chi connectivity index (χ1v) is 16.2. The molecule has 4 bridgehead atoms. The number of hydrogen-bond acceptors (Lipinski definition) is 9. The number of carbonyl (C=O) groups is 1. The highest BCUT2D eigenvalue weighted by atomic mass is 32.2. The van der Waals surface area contributed by atoms with Crippen molar-refractivity contribution in [2.24, 2.45) is 5.41 Å². The number of aromatic nitrogens is 4. The highest BCUT2D eigenvalue weighted by molar-refractivity contribution is 7.92. The van der Waals surface area contributed by atoms with Crippen LogP contribution in [-0.4, -0.2) is 65.9 Å². The highest BCUT2D eigenvalue weighted by Crippen LogP contribution is 2.31. The van der Waals surface area contributed by atoms with Gasteiger partial charge in [-0.25, -0.2) is 28.1 Å². The van der Waals surface area contributed by atoms with E-state index in [0.29, 0.717) is 17.9 Å². The molecule has 1 N–H and O–H groups in total. The van der Waals surface area contributed by atoms with E-state index in [1.165, 1.54) is 12.1 Å². The van der Waals surface area contributed by atoms with Gasteiger partial charge in [0.05, 0.1) is 41.3 Å². The Bertz CT molecular complexity index is 1800. The predicted octanol–water partition coefficient (Wildman–Crippen LogP) is 5.26. The molecule has 1 aliphatic rings. The van der Waals surface area contributed by atoms with Crippen LogP contribution in [0.25, 0.3) is 11.3 Å². The Labute approximate surface area is 264 Å². The third-order valence-corrected chi connectivity index (χ3v) is 8.88. The van der Waals surface area contributed by atoms with Gasteiger partial charge in [0.15, 0.2) is 0 Å². The Morgan fingerprint density at radius 2 is 1.67 bits per heavy atom. The van der Waals surface area contributed by atoms with Gasteiger partial charge in [0.1, 0.15) is 12.4 Å². The number of carbonyl (C=O) groups excluding carboxylic acids is 1. The summed E-state index contributed by atoms with van der Waals surface area (Å²) in [6, 6.07) is 13.1. The summed E-state index contributed by atoms with van der Waals surface area (Å²) in [4.78, 5) is 35.8. The van der Waals surface area contributed by atoms with E-state index in [0.717, 1.165) is 22.4 Å². The zero-order valence-corrected chi connectivity index (χ0v) is 27.5. The number of nitrogens with one attached hydrogen (secondary N) is 1. The number of rotatable bonds is 5. The Hall–Kier alpha value is -4.58. The first-order chi connectivity index (χ1) is 21.2. The highest BCUT2D eigenvalue weighted by Gasteiger charge is 2.32. The monoisotopic (exact) mass is 629 g/mol. The number of nitrogens with zero attached hydrogens (tertiary/aromatic N) is 6. The van der Waals surface area contributed by atoms with Gasteiger partial charge in [-0.1, -0.05) is 45.0 Å². The van der Waals surface area contributed by atoms with Crippen LogP contribution in [0.3, 0.4) is 0 Å². The number of aryl methyl sites for hydroxylation is 2. The number of hydrogen-bond donors (Lipinski definition) is 1. The second kappa shape index (κ2) is 12.4. The van der Waals surface area contributed by atoms with Gasteiger partial charge in [-0.2, -0.15) is 4.98 Å². The molecule has 1 aliphatic heterocycles. The lowest BCUT2D eigenvalue weighted by Gasteiger charge is -2.35. The van der Waals surface area contributed by atoms with E-state index in [2.05, 4.69) is 45.4 Å². The number of benzene rings is 2. The third-order valence-electron chi connectivity index (χ3n) is 7.55. The van der Waals surface area contributed by atoms with Crippen molar-refractivity contribution >= 4 is 27.6 Å². The lowest BCUT2D eigenvalue weighted by molar-refractivity contribution is 0.0505. The lowest BCUT2D eigenvalue weighted by atomic mass is 9.87. The van der Waals surface area contributed by atoms with Crippen molar-refractivity contribution in [1.29, 1.82) is 0 Å². The van der Waals surface area contributed by atoms with Crippen LogP contribution in [0.15, 0.2) is 65.8 Å². The van der Waals surface area contributed by atoms with Crippen LogP contribution in [0.5, 0.6) is 5.88 Å². The molecule has 11 nitrogen and oxygen atoms in total. The van der Waals surface area contributed by atoms with E-state index in [4.69, 9.17) is 4.74 Å². The Balaban J connectivity index is 1.66. The van der Waals surface area contributed by atoms with Crippen molar-refractivity contribution < 1.29 is 17.9 Å². The Kier molecular flexibility index (Phi) is 8.79. The summed E-state index contributed by atoms with van der Waals surface area (Å²) >= 11 is 0. The summed E-state index contributed by atoms with van der Waals surface area (Å²) in [7, 11) is -0.362. The van der Waals surface area contributed by atoms with Gasteiger partial charge in [-0.3, -0.25) is 4.79 Å². The molecule has 4 aromatic rings. The summed E-state index contributed by atoms with van der Waals surface area (Å²) in [6.45, 7) is 10.4. The minimum Gasteiger partial charge on any atom is -0.475 e. The van der Waals surface area contributed by atoms with Crippen LogP contribution in [-0.2, 0) is 16.6 Å². The normalized spacial score (nSPS) is 16.5. The fraction of sp³-hybridized carbons (Fsp3) is 0.364. The molecule has 236 valence electrons. The number of amides is 1. The van der Waals surface area contributed by atoms with Gasteiger partial charge >= 0.3 is 0 Å². The van der Waals surface area contributed by atoms with E-state index in [-0.39, 0.29) is 46.8 Å². The van der Waals surface area contributed by atoms with Crippen molar-refractivity contribution in [2.45, 2.75) is 58.5 Å². The van der Waals surface area contributed by atoms with E-state index in [9.17, 15) is 13.2 Å². The summed E-state index contributed by atoms with van der Waals surface area (Å²) in [5, 5.41) is 0. The maximum absolute atomic E-state index is 14.3. The zero-order valence-electron chi connectivity index (χ0n) is 26.7. The molecule has 0 unspecified atom stereocenters. The van der Waals surface area contributed by atoms with Gasteiger partial charge in [0.2, 0.25) is 11.8 Å². The quantitative estimate of drug-likeness (QED) is 0.314. The minimum atomic E-state index is -4.16. The van der Waals surface area contributed by atoms with Crippen LogP contribution < -0.4 is 14.4 Å². The van der Waals surface area contributed by atoms with Gasteiger partial charge in [0.25, 0.3) is 15.9 Å². The lowest BCUT2D eigenvalue weighted by Crippen LogP contribution is -2.45. The molecule has 0 aliphatic carbocycles. The Morgan fingerprint density at radius 3 is 2.31 bits per heavy atom. The molecule has 3 heterocycles. The minimum absolute atomic E-state index is 0.0879. The summed E-state index contributed by atoms with van der Waals surface area (Å²) < 4.78 is 36.0. The molecule has 0 saturated heterocycles. The van der Waals surface area contributed by atoms with Crippen LogP contribution in [0.4, 0.5) is 11.6 Å². The fourth-order valence-corrected chi connectivity index (χ4v) is 6.35. The maximum Gasteiger partial charge on any atom is 0.264 e. The van der Waals surface area contributed by atoms with Crippen LogP contribution in [0, 0.1) is 19.3 Å². The molecule has 0 fully saturated rings. The topological polar surface area (TPSA) is 131 Å². The van der Waals surface area contributed by atoms with Crippen molar-refractivity contribution in [3.05, 3.63) is 83.4 Å². The molecule has 5 rings (SSSR count). The number of fused-ring (bicyclic) bond motifs is 4. The third kappa shape index (κ3) is 7.39. The summed E-state index contributed by atoms with van der Waals surface area (Å²) in [5.41, 5.74) is 4.18. The second-order valence-corrected chi connectivity index (χ2v) is 14.4. The van der Waals surface area contributed by atoms with Crippen molar-refractivity contribution in [3.63, 3.8) is 0 Å². The summed E-state index contributed by atoms with van der Waals surface area (Å²) in [5.74, 6) is 0.145. The van der Waals surface area contributed by atoms with Crippen LogP contribution >= 0.6 is 0 Å². The molecule has 12 heteroatoms. The number of ether oxygens (including phenoxy) is 1. The molecule has 2 aromatic carbocycles. The average Bonchev–Trinajstić information content (AvgIpc) is 2.97. The molecule has 1 amide bonds. The van der Waals surface area contributed by atoms with E-state index >= 15 is 0 Å². The molecule has 0 saturated carbocycles. The van der Waals surface area contributed by atoms with E-state index in [1.807, 2.05) is 51.0 Å². The van der Waals surface area contributed by atoms with Gasteiger partial charge < -0.3 is 14.5 Å². The first kappa shape index (κ1) is 31.8. The summed E-state index contributed by atoms with van der Waals surface area (Å²) in [6.07, 6.45) is 3.99. The van der Waals surface area contributed by atoms with Crippen LogP contribution in [0.2, 0.25) is 0 Å². The average molecular weight is 630 g/mol. The molecule has 2 aromatic heterocycles. The molecule has 45 heavy (non-hydrogen) atoms. The maximum atomic E-state index is 14.3. The fourth-order valence-electron chi connectivity index (χ4n) is 5.36. The standard InChI is InChI=1S/C33H39N7O4S/c1-21-10-8-11-22(2)30(21)27-15-29-37-32(36-27)38-45(42,43)26-13-9-12-23(14-26)31(41)40(24(20-44-29)16-33(3,4)5)19-28-34-17-25(18-35-28)39(6)7/h8-15,17-18,24H,16,19-20H2,1-7H3,(H,36,37,38)/t24-/m1/s1. The SMILES string of the molecule is Cc1cccc(C)c1-c1cc2nc(n1)NS(=O)(=O)c1cccc(c1)C(=O)N(Cc1ncc(N(C)C)cn1)[C@H](CC(C)(C)C)CO2. The number of sulfonamides is 1. The van der Waals surface area contributed by atoms with Gasteiger partial charge in [0, 0.05) is 31.3 Å². The van der Waals surface area contributed by atoms with Gasteiger partial charge in [-0.05, 0) is 55.0 Å². The Morgan fingerprint density at radius 1 is 1.00 bits per heavy atom. The van der Waals surface area contributed by atoms with Crippen LogP contribution in [0.1, 0.15) is 54.5 Å². The van der Waals surface area contributed by atoms with Gasteiger partial charge in [-0.15, -0.1) is 0 Å². The van der Waals surface area contributed by atoms with E-state index in [1.54, 1.807) is 35.5 Å². The smallest absolute Gasteiger partial charge is 0.264 e. The molecule has 1 atom stereocenters. The van der Waals surface area contributed by atoms with Crippen molar-refractivity contribution in [3.8, 4) is 17.1 Å². The molecule has 0 spiro atoms. The molecular weight excluding hydrogens is 590 g/mol. The largest absolute Gasteiger partial charge is 0.475 e. The predicted molar refractivity (Wildman–Crippen MR) is 174 cm³/mol. The molecular formula is C33H39N7O4S. The second-order valence-electron chi connectivity index (χ2n) is 12.7.